The van der Waals surface area contributed by atoms with Crippen LogP contribution in [0.15, 0.2) is 21.2 Å². The number of nitrogens with zero attached hydrogens (tertiary/aromatic N) is 1. The van der Waals surface area contributed by atoms with E-state index in [-0.39, 0.29) is 5.91 Å². The summed E-state index contributed by atoms with van der Waals surface area (Å²) in [6, 6.07) is 2.16. The average Bonchev–Trinajstić information content (AvgIpc) is 2.94. The van der Waals surface area contributed by atoms with Gasteiger partial charge in [-0.1, -0.05) is 0 Å². The van der Waals surface area contributed by atoms with Crippen molar-refractivity contribution in [1.82, 2.24) is 10.2 Å². The maximum atomic E-state index is 12.4. The van der Waals surface area contributed by atoms with E-state index in [1.165, 1.54) is 0 Å². The minimum atomic E-state index is 0.0243. The van der Waals surface area contributed by atoms with Crippen LogP contribution in [-0.2, 0) is 0 Å². The largest absolute Gasteiger partial charge is 0.458 e. The van der Waals surface area contributed by atoms with Crippen molar-refractivity contribution in [2.45, 2.75) is 18.9 Å². The van der Waals surface area contributed by atoms with Crippen molar-refractivity contribution < 1.29 is 9.21 Å². The molecule has 17 heavy (non-hydrogen) atoms. The molecule has 0 spiro atoms. The zero-order valence-electron chi connectivity index (χ0n) is 9.49. The molecule has 2 atom stereocenters. The molecule has 1 N–H and O–H groups in total. The fourth-order valence-electron chi connectivity index (χ4n) is 2.91. The third kappa shape index (κ3) is 1.91. The average molecular weight is 299 g/mol. The van der Waals surface area contributed by atoms with Gasteiger partial charge in [0.25, 0.3) is 5.91 Å². The van der Waals surface area contributed by atoms with Crippen molar-refractivity contribution in [1.29, 1.82) is 0 Å². The number of nitrogens with one attached hydrogen (secondary N) is 1. The number of carbonyl (C=O) groups is 1. The molecule has 2 aliphatic rings. The van der Waals surface area contributed by atoms with E-state index in [1.54, 1.807) is 12.3 Å². The summed E-state index contributed by atoms with van der Waals surface area (Å²) in [5.74, 6) is 1.07. The molecule has 2 unspecified atom stereocenters. The number of hydrogen-bond donors (Lipinski definition) is 1. The highest BCUT2D eigenvalue weighted by atomic mass is 79.9. The molecule has 1 aromatic heterocycles. The first kappa shape index (κ1) is 11.3. The fraction of sp³-hybridized carbons (Fsp3) is 0.583. The number of rotatable bonds is 1. The fourth-order valence-corrected chi connectivity index (χ4v) is 3.28. The third-order valence-corrected chi connectivity index (χ3v) is 4.41. The van der Waals surface area contributed by atoms with Crippen molar-refractivity contribution in [2.24, 2.45) is 5.92 Å². The molecule has 0 aromatic carbocycles. The van der Waals surface area contributed by atoms with Gasteiger partial charge in [-0.3, -0.25) is 4.79 Å². The van der Waals surface area contributed by atoms with E-state index in [0.717, 1.165) is 36.9 Å². The van der Waals surface area contributed by atoms with Gasteiger partial charge in [0.1, 0.15) is 0 Å². The predicted octanol–water partition coefficient (Wildman–Crippen LogP) is 1.87. The molecule has 1 aromatic rings. The summed E-state index contributed by atoms with van der Waals surface area (Å²) in [7, 11) is 0. The number of piperidine rings is 1. The molecule has 0 bridgehead atoms. The van der Waals surface area contributed by atoms with Gasteiger partial charge in [-0.2, -0.15) is 0 Å². The van der Waals surface area contributed by atoms with Gasteiger partial charge < -0.3 is 14.6 Å². The molecular weight excluding hydrogens is 284 g/mol. The number of furan rings is 1. The second-order valence-corrected chi connectivity index (χ2v) is 5.56. The lowest BCUT2D eigenvalue weighted by Crippen LogP contribution is -2.45. The molecule has 3 rings (SSSR count). The van der Waals surface area contributed by atoms with Crippen LogP contribution in [0.1, 0.15) is 23.4 Å². The zero-order valence-corrected chi connectivity index (χ0v) is 11.1. The first-order chi connectivity index (χ1) is 8.27. The zero-order chi connectivity index (χ0) is 11.8. The number of hydrogen-bond acceptors (Lipinski definition) is 3. The second kappa shape index (κ2) is 4.46. The second-order valence-electron chi connectivity index (χ2n) is 4.71. The topological polar surface area (TPSA) is 45.5 Å². The molecule has 0 radical (unpaired) electrons. The van der Waals surface area contributed by atoms with Crippen molar-refractivity contribution in [3.8, 4) is 0 Å². The van der Waals surface area contributed by atoms with Crippen LogP contribution >= 0.6 is 15.9 Å². The number of fused-ring (bicyclic) bond motifs is 1. The highest BCUT2D eigenvalue weighted by Gasteiger charge is 2.39. The molecule has 0 saturated carbocycles. The molecule has 4 nitrogen and oxygen atoms in total. The number of halogens is 1. The molecule has 3 heterocycles. The van der Waals surface area contributed by atoms with Crippen molar-refractivity contribution in [2.75, 3.05) is 19.6 Å². The van der Waals surface area contributed by atoms with Crippen LogP contribution in [0.2, 0.25) is 0 Å². The summed E-state index contributed by atoms with van der Waals surface area (Å²) in [5.41, 5.74) is 0. The van der Waals surface area contributed by atoms with Gasteiger partial charge in [0, 0.05) is 12.6 Å². The van der Waals surface area contributed by atoms with Crippen molar-refractivity contribution >= 4 is 21.8 Å². The number of amides is 1. The highest BCUT2D eigenvalue weighted by molar-refractivity contribution is 9.10. The summed E-state index contributed by atoms with van der Waals surface area (Å²) in [6.45, 7) is 2.89. The van der Waals surface area contributed by atoms with Gasteiger partial charge in [-0.15, -0.1) is 0 Å². The minimum absolute atomic E-state index is 0.0243. The number of carbonyl (C=O) groups excluding carboxylic acids is 1. The monoisotopic (exact) mass is 298 g/mol. The maximum Gasteiger partial charge on any atom is 0.291 e. The van der Waals surface area contributed by atoms with Crippen LogP contribution in [0, 0.1) is 5.92 Å². The lowest BCUT2D eigenvalue weighted by atomic mass is 9.94. The number of likely N-dealkylation sites (tertiary alicyclic amines) is 1. The Morgan fingerprint density at radius 1 is 1.53 bits per heavy atom. The van der Waals surface area contributed by atoms with E-state index in [1.807, 2.05) is 4.90 Å². The van der Waals surface area contributed by atoms with Crippen LogP contribution < -0.4 is 5.32 Å². The van der Waals surface area contributed by atoms with E-state index in [2.05, 4.69) is 21.2 Å². The minimum Gasteiger partial charge on any atom is -0.458 e. The predicted molar refractivity (Wildman–Crippen MR) is 66.8 cm³/mol. The highest BCUT2D eigenvalue weighted by Crippen LogP contribution is 2.31. The third-order valence-electron chi connectivity index (χ3n) is 3.78. The van der Waals surface area contributed by atoms with Gasteiger partial charge >= 0.3 is 0 Å². The lowest BCUT2D eigenvalue weighted by Gasteiger charge is -2.31. The van der Waals surface area contributed by atoms with Crippen LogP contribution in [0.4, 0.5) is 0 Å². The SMILES string of the molecule is O=C(c1occc1Br)N1CCC2CNCCC21. The van der Waals surface area contributed by atoms with Crippen molar-refractivity contribution in [3.63, 3.8) is 0 Å². The van der Waals surface area contributed by atoms with Gasteiger partial charge in [0.2, 0.25) is 5.76 Å². The molecule has 2 saturated heterocycles. The van der Waals surface area contributed by atoms with E-state index in [9.17, 15) is 4.79 Å². The standard InChI is InChI=1S/C12H15BrN2O2/c13-9-3-6-17-11(9)12(16)15-5-2-8-7-14-4-1-10(8)15/h3,6,8,10,14H,1-2,4-5,7H2. The summed E-state index contributed by atoms with van der Waals surface area (Å²) in [5, 5.41) is 3.39. The van der Waals surface area contributed by atoms with E-state index >= 15 is 0 Å². The quantitative estimate of drug-likeness (QED) is 0.861. The molecule has 92 valence electrons. The van der Waals surface area contributed by atoms with Crippen LogP contribution in [0.3, 0.4) is 0 Å². The Hall–Kier alpha value is -0.810. The van der Waals surface area contributed by atoms with Gasteiger partial charge in [-0.05, 0) is 53.8 Å². The van der Waals surface area contributed by atoms with E-state index in [4.69, 9.17) is 4.42 Å². The van der Waals surface area contributed by atoms with Gasteiger partial charge in [-0.25, -0.2) is 0 Å². The van der Waals surface area contributed by atoms with Crippen LogP contribution in [-0.4, -0.2) is 36.5 Å². The molecule has 1 amide bonds. The Bertz CT molecular complexity index is 432. The Kier molecular flexibility index (Phi) is 2.96. The molecule has 0 aliphatic carbocycles. The first-order valence-corrected chi connectivity index (χ1v) is 6.81. The van der Waals surface area contributed by atoms with Gasteiger partial charge in [0.15, 0.2) is 0 Å². The Morgan fingerprint density at radius 2 is 2.41 bits per heavy atom. The Labute approximate surface area is 108 Å². The lowest BCUT2D eigenvalue weighted by molar-refractivity contribution is 0.0664. The maximum absolute atomic E-state index is 12.4. The van der Waals surface area contributed by atoms with Crippen LogP contribution in [0.5, 0.6) is 0 Å². The first-order valence-electron chi connectivity index (χ1n) is 6.02. The molecule has 2 fully saturated rings. The Morgan fingerprint density at radius 3 is 3.18 bits per heavy atom. The summed E-state index contributed by atoms with van der Waals surface area (Å²) < 4.78 is 6.01. The normalized spacial score (nSPS) is 28.2. The Balaban J connectivity index is 1.81. The summed E-state index contributed by atoms with van der Waals surface area (Å²) >= 11 is 3.35. The molecule has 2 aliphatic heterocycles. The molecule has 5 heteroatoms. The summed E-state index contributed by atoms with van der Waals surface area (Å²) in [6.07, 6.45) is 3.70. The molecular formula is C12H15BrN2O2. The van der Waals surface area contributed by atoms with E-state index < -0.39 is 0 Å². The summed E-state index contributed by atoms with van der Waals surface area (Å²) in [4.78, 5) is 14.3. The van der Waals surface area contributed by atoms with Crippen molar-refractivity contribution in [3.05, 3.63) is 22.6 Å². The van der Waals surface area contributed by atoms with Crippen LogP contribution in [0.25, 0.3) is 0 Å². The van der Waals surface area contributed by atoms with E-state index in [0.29, 0.717) is 17.7 Å². The smallest absolute Gasteiger partial charge is 0.291 e. The van der Waals surface area contributed by atoms with Gasteiger partial charge in [0.05, 0.1) is 10.7 Å².